The normalized spacial score (nSPS) is 11.2. The minimum atomic E-state index is 0.450. The summed E-state index contributed by atoms with van der Waals surface area (Å²) in [5.41, 5.74) is 5.34. The highest BCUT2D eigenvalue weighted by molar-refractivity contribution is 7.80. The first-order chi connectivity index (χ1) is 9.65. The Morgan fingerprint density at radius 3 is 2.85 bits per heavy atom. The van der Waals surface area contributed by atoms with Crippen molar-refractivity contribution in [3.05, 3.63) is 41.2 Å². The molecule has 0 radical (unpaired) electrons. The van der Waals surface area contributed by atoms with Crippen LogP contribution in [-0.2, 0) is 11.2 Å². The predicted octanol–water partition coefficient (Wildman–Crippen LogP) is 3.91. The fourth-order valence-electron chi connectivity index (χ4n) is 2.69. The molecule has 20 heavy (non-hydrogen) atoms. The Morgan fingerprint density at radius 1 is 1.35 bits per heavy atom. The third-order valence-corrected chi connectivity index (χ3v) is 3.99. The van der Waals surface area contributed by atoms with Crippen LogP contribution >= 0.6 is 12.2 Å². The van der Waals surface area contributed by atoms with Crippen molar-refractivity contribution in [1.29, 1.82) is 0 Å². The summed E-state index contributed by atoms with van der Waals surface area (Å²) in [5.74, 6) is 0. The Morgan fingerprint density at radius 2 is 2.15 bits per heavy atom. The van der Waals surface area contributed by atoms with E-state index in [2.05, 4.69) is 42.0 Å². The van der Waals surface area contributed by atoms with Gasteiger partial charge in [-0.1, -0.05) is 18.6 Å². The van der Waals surface area contributed by atoms with Crippen LogP contribution < -0.4 is 0 Å². The van der Waals surface area contributed by atoms with Gasteiger partial charge in [-0.3, -0.25) is 0 Å². The molecule has 102 valence electrons. The molecule has 0 unspecified atom stereocenters. The summed E-state index contributed by atoms with van der Waals surface area (Å²) in [5, 5.41) is 2.88. The Balaban J connectivity index is 2.45. The van der Waals surface area contributed by atoms with Gasteiger partial charge in [0, 0.05) is 16.3 Å². The van der Waals surface area contributed by atoms with Gasteiger partial charge in [-0.25, -0.2) is 4.98 Å². The largest absolute Gasteiger partial charge is 0.485 e. The number of aryl methyl sites for hydroxylation is 2. The average molecular weight is 284 g/mol. The van der Waals surface area contributed by atoms with Crippen LogP contribution in [0.2, 0.25) is 0 Å². The zero-order valence-electron chi connectivity index (χ0n) is 11.8. The summed E-state index contributed by atoms with van der Waals surface area (Å²) >= 11 is 5.27. The van der Waals surface area contributed by atoms with Crippen LogP contribution in [0.15, 0.2) is 24.4 Å². The number of hydrogen-bond donors (Lipinski definition) is 1. The number of rotatable bonds is 2. The standard InChI is InChI=1S/C16H16N2OS/c1-4-10-14-11-7-9(2)5-6-12(11)18-13(14)8-17-15(10)16(20)19-3/h5-8,18H,4H2,1-3H3. The molecule has 2 aromatic heterocycles. The number of aromatic nitrogens is 2. The average Bonchev–Trinajstić information content (AvgIpc) is 2.83. The van der Waals surface area contributed by atoms with Crippen molar-refractivity contribution in [3.63, 3.8) is 0 Å². The van der Waals surface area contributed by atoms with E-state index in [0.717, 1.165) is 28.7 Å². The van der Waals surface area contributed by atoms with Gasteiger partial charge < -0.3 is 9.72 Å². The van der Waals surface area contributed by atoms with Crippen molar-refractivity contribution >= 4 is 39.1 Å². The van der Waals surface area contributed by atoms with E-state index in [0.29, 0.717) is 5.05 Å². The number of hydrogen-bond acceptors (Lipinski definition) is 3. The number of ether oxygens (including phenoxy) is 1. The van der Waals surface area contributed by atoms with Gasteiger partial charge in [0.15, 0.2) is 0 Å². The topological polar surface area (TPSA) is 37.9 Å². The number of nitrogens with zero attached hydrogens (tertiary/aromatic N) is 1. The molecule has 0 amide bonds. The molecule has 0 fully saturated rings. The van der Waals surface area contributed by atoms with E-state index < -0.39 is 0 Å². The molecule has 1 N–H and O–H groups in total. The highest BCUT2D eigenvalue weighted by Gasteiger charge is 2.16. The van der Waals surface area contributed by atoms with Crippen LogP contribution in [0.4, 0.5) is 0 Å². The molecule has 4 heteroatoms. The van der Waals surface area contributed by atoms with E-state index >= 15 is 0 Å². The number of nitrogens with one attached hydrogen (secondary N) is 1. The maximum absolute atomic E-state index is 5.27. The molecule has 0 spiro atoms. The van der Waals surface area contributed by atoms with Crippen LogP contribution in [0.5, 0.6) is 0 Å². The summed E-state index contributed by atoms with van der Waals surface area (Å²) < 4.78 is 5.20. The van der Waals surface area contributed by atoms with Crippen molar-refractivity contribution < 1.29 is 4.74 Å². The fourth-order valence-corrected chi connectivity index (χ4v) is 2.87. The Kier molecular flexibility index (Phi) is 3.18. The molecule has 0 bridgehead atoms. The molecule has 0 aliphatic heterocycles. The highest BCUT2D eigenvalue weighted by atomic mass is 32.1. The van der Waals surface area contributed by atoms with E-state index in [1.54, 1.807) is 7.11 Å². The first-order valence-corrected chi connectivity index (χ1v) is 7.04. The Labute approximate surface area is 123 Å². The van der Waals surface area contributed by atoms with Crippen LogP contribution in [0.25, 0.3) is 21.8 Å². The summed E-state index contributed by atoms with van der Waals surface area (Å²) in [4.78, 5) is 7.89. The second-order valence-electron chi connectivity index (χ2n) is 4.89. The van der Waals surface area contributed by atoms with Crippen molar-refractivity contribution in [2.24, 2.45) is 0 Å². The second kappa shape index (κ2) is 4.87. The van der Waals surface area contributed by atoms with Crippen LogP contribution in [0.1, 0.15) is 23.7 Å². The third kappa shape index (κ3) is 1.88. The number of H-pyrrole nitrogens is 1. The van der Waals surface area contributed by atoms with Gasteiger partial charge in [0.05, 0.1) is 18.8 Å². The second-order valence-corrected chi connectivity index (χ2v) is 5.26. The lowest BCUT2D eigenvalue weighted by Crippen LogP contribution is -2.07. The SMILES string of the molecule is CCc1c(C(=S)OC)ncc2[nH]c3ccc(C)cc3c12. The summed E-state index contributed by atoms with van der Waals surface area (Å²) in [6.07, 6.45) is 2.70. The molecule has 3 aromatic rings. The number of benzene rings is 1. The van der Waals surface area contributed by atoms with Crippen LogP contribution in [-0.4, -0.2) is 22.1 Å². The molecule has 0 saturated heterocycles. The monoisotopic (exact) mass is 284 g/mol. The lowest BCUT2D eigenvalue weighted by atomic mass is 10.0. The Hall–Kier alpha value is -1.94. The zero-order chi connectivity index (χ0) is 14.3. The van der Waals surface area contributed by atoms with Crippen molar-refractivity contribution in [2.75, 3.05) is 7.11 Å². The van der Waals surface area contributed by atoms with Gasteiger partial charge in [0.2, 0.25) is 5.05 Å². The van der Waals surface area contributed by atoms with Crippen molar-refractivity contribution in [1.82, 2.24) is 9.97 Å². The lowest BCUT2D eigenvalue weighted by molar-refractivity contribution is 0.414. The first-order valence-electron chi connectivity index (χ1n) is 6.64. The zero-order valence-corrected chi connectivity index (χ0v) is 12.6. The molecular weight excluding hydrogens is 268 g/mol. The molecule has 0 aliphatic carbocycles. The smallest absolute Gasteiger partial charge is 0.210 e. The van der Waals surface area contributed by atoms with Crippen LogP contribution in [0.3, 0.4) is 0 Å². The molecule has 3 nitrogen and oxygen atoms in total. The predicted molar refractivity (Wildman–Crippen MR) is 86.4 cm³/mol. The summed E-state index contributed by atoms with van der Waals surface area (Å²) in [7, 11) is 1.59. The van der Waals surface area contributed by atoms with E-state index in [9.17, 15) is 0 Å². The third-order valence-electron chi connectivity index (χ3n) is 3.63. The quantitative estimate of drug-likeness (QED) is 0.725. The maximum Gasteiger partial charge on any atom is 0.210 e. The number of pyridine rings is 1. The minimum absolute atomic E-state index is 0.450. The molecular formula is C16H16N2OS. The van der Waals surface area contributed by atoms with Gasteiger partial charge in [-0.2, -0.15) is 0 Å². The summed E-state index contributed by atoms with van der Waals surface area (Å²) in [6, 6.07) is 6.42. The van der Waals surface area contributed by atoms with Gasteiger partial charge in [-0.05, 0) is 43.3 Å². The maximum atomic E-state index is 5.27. The minimum Gasteiger partial charge on any atom is -0.485 e. The van der Waals surface area contributed by atoms with Gasteiger partial charge >= 0.3 is 0 Å². The molecule has 2 heterocycles. The lowest BCUT2D eigenvalue weighted by Gasteiger charge is -2.09. The molecule has 0 aliphatic rings. The van der Waals surface area contributed by atoms with Crippen molar-refractivity contribution in [3.8, 4) is 0 Å². The van der Waals surface area contributed by atoms with Crippen molar-refractivity contribution in [2.45, 2.75) is 20.3 Å². The molecule has 1 aromatic carbocycles. The molecule has 0 saturated carbocycles. The van der Waals surface area contributed by atoms with E-state index in [1.165, 1.54) is 16.3 Å². The molecule has 3 rings (SSSR count). The number of methoxy groups -OCH3 is 1. The summed E-state index contributed by atoms with van der Waals surface area (Å²) in [6.45, 7) is 4.22. The van der Waals surface area contributed by atoms with Crippen LogP contribution in [0, 0.1) is 6.92 Å². The van der Waals surface area contributed by atoms with E-state index in [4.69, 9.17) is 17.0 Å². The fraction of sp³-hybridized carbons (Fsp3) is 0.250. The number of fused-ring (bicyclic) bond motifs is 3. The Bertz CT molecular complexity index is 820. The van der Waals surface area contributed by atoms with Gasteiger partial charge in [-0.15, -0.1) is 0 Å². The van der Waals surface area contributed by atoms with Gasteiger partial charge in [0.25, 0.3) is 0 Å². The highest BCUT2D eigenvalue weighted by Crippen LogP contribution is 2.30. The number of aromatic amines is 1. The van der Waals surface area contributed by atoms with E-state index in [1.807, 2.05) is 6.20 Å². The van der Waals surface area contributed by atoms with E-state index in [-0.39, 0.29) is 0 Å². The molecule has 0 atom stereocenters. The number of thiocarbonyl (C=S) groups is 1. The van der Waals surface area contributed by atoms with Gasteiger partial charge in [0.1, 0.15) is 5.69 Å². The first kappa shape index (κ1) is 13.1.